The molecule has 2 aromatic carbocycles. The van der Waals surface area contributed by atoms with Crippen molar-refractivity contribution in [2.75, 3.05) is 20.8 Å². The van der Waals surface area contributed by atoms with Gasteiger partial charge >= 0.3 is 0 Å². The molecule has 6 heteroatoms. The molecule has 192 valence electrons. The predicted molar refractivity (Wildman–Crippen MR) is 141 cm³/mol. The summed E-state index contributed by atoms with van der Waals surface area (Å²) in [5, 5.41) is 11.6. The van der Waals surface area contributed by atoms with Crippen LogP contribution in [-0.2, 0) is 13.0 Å². The SMILES string of the molecule is CCCCCCCCCCCC1c2cc(OC)c(OC)cc2CCN1Cc1ccccc1[N+](=O)[O-]. The Labute approximate surface area is 210 Å². The number of nitro benzene ring substituents is 1. The summed E-state index contributed by atoms with van der Waals surface area (Å²) in [6, 6.07) is 11.6. The van der Waals surface area contributed by atoms with E-state index in [0.29, 0.717) is 6.54 Å². The van der Waals surface area contributed by atoms with Crippen LogP contribution in [0, 0.1) is 10.1 Å². The van der Waals surface area contributed by atoms with Crippen LogP contribution < -0.4 is 9.47 Å². The third-order valence-corrected chi connectivity index (χ3v) is 7.26. The molecular formula is C29H42N2O4. The molecule has 0 fully saturated rings. The van der Waals surface area contributed by atoms with Gasteiger partial charge in [0.25, 0.3) is 5.69 Å². The molecular weight excluding hydrogens is 440 g/mol. The number of unbranched alkanes of at least 4 members (excludes halogenated alkanes) is 8. The summed E-state index contributed by atoms with van der Waals surface area (Å²) in [5.41, 5.74) is 3.54. The Morgan fingerprint density at radius 3 is 2.23 bits per heavy atom. The Bertz CT molecular complexity index is 946. The first-order chi connectivity index (χ1) is 17.1. The second kappa shape index (κ2) is 14.1. The third-order valence-electron chi connectivity index (χ3n) is 7.26. The fraction of sp³-hybridized carbons (Fsp3) is 0.586. The van der Waals surface area contributed by atoms with Crippen molar-refractivity contribution in [3.63, 3.8) is 0 Å². The highest BCUT2D eigenvalue weighted by molar-refractivity contribution is 5.49. The number of ether oxygens (including phenoxy) is 2. The van der Waals surface area contributed by atoms with Gasteiger partial charge in [-0.15, -0.1) is 0 Å². The second-order valence-corrected chi connectivity index (χ2v) is 9.65. The molecule has 3 rings (SSSR count). The van der Waals surface area contributed by atoms with Crippen LogP contribution in [0.4, 0.5) is 5.69 Å². The molecule has 1 atom stereocenters. The first-order valence-electron chi connectivity index (χ1n) is 13.3. The summed E-state index contributed by atoms with van der Waals surface area (Å²) in [4.78, 5) is 13.8. The standard InChI is InChI=1S/C29H42N2O4/c1-4-5-6-7-8-9-10-11-12-17-27-25-21-29(35-3)28(34-2)20-23(25)18-19-30(27)22-24-15-13-14-16-26(24)31(32)33/h13-16,20-21,27H,4-12,17-19,22H2,1-3H3. The molecule has 0 bridgehead atoms. The fourth-order valence-electron chi connectivity index (χ4n) is 5.30. The number of rotatable bonds is 15. The highest BCUT2D eigenvalue weighted by Gasteiger charge is 2.30. The minimum Gasteiger partial charge on any atom is -0.493 e. The van der Waals surface area contributed by atoms with E-state index < -0.39 is 0 Å². The summed E-state index contributed by atoms with van der Waals surface area (Å²) >= 11 is 0. The van der Waals surface area contributed by atoms with Crippen LogP contribution in [0.5, 0.6) is 11.5 Å². The van der Waals surface area contributed by atoms with E-state index in [9.17, 15) is 10.1 Å². The molecule has 0 aliphatic carbocycles. The summed E-state index contributed by atoms with van der Waals surface area (Å²) in [6.07, 6.45) is 13.6. The van der Waals surface area contributed by atoms with E-state index in [4.69, 9.17) is 9.47 Å². The van der Waals surface area contributed by atoms with Gasteiger partial charge in [-0.2, -0.15) is 0 Å². The number of nitrogens with zero attached hydrogens (tertiary/aromatic N) is 2. The zero-order valence-corrected chi connectivity index (χ0v) is 21.8. The summed E-state index contributed by atoms with van der Waals surface area (Å²) in [5.74, 6) is 1.51. The van der Waals surface area contributed by atoms with E-state index in [-0.39, 0.29) is 16.7 Å². The number of fused-ring (bicyclic) bond motifs is 1. The first-order valence-corrected chi connectivity index (χ1v) is 13.3. The molecule has 0 aromatic heterocycles. The van der Waals surface area contributed by atoms with Crippen molar-refractivity contribution in [2.24, 2.45) is 0 Å². The van der Waals surface area contributed by atoms with Crippen LogP contribution in [0.2, 0.25) is 0 Å². The van der Waals surface area contributed by atoms with Crippen molar-refractivity contribution in [2.45, 2.75) is 90.1 Å². The average Bonchev–Trinajstić information content (AvgIpc) is 2.87. The number of hydrogen-bond donors (Lipinski definition) is 0. The first kappa shape index (κ1) is 27.0. The van der Waals surface area contributed by atoms with Crippen LogP contribution in [0.15, 0.2) is 36.4 Å². The van der Waals surface area contributed by atoms with Gasteiger partial charge < -0.3 is 9.47 Å². The third kappa shape index (κ3) is 7.44. The van der Waals surface area contributed by atoms with E-state index in [0.717, 1.165) is 42.9 Å². The minimum absolute atomic E-state index is 0.201. The van der Waals surface area contributed by atoms with Crippen LogP contribution in [0.3, 0.4) is 0 Å². The molecule has 0 saturated carbocycles. The molecule has 35 heavy (non-hydrogen) atoms. The van der Waals surface area contributed by atoms with Crippen LogP contribution >= 0.6 is 0 Å². The maximum Gasteiger partial charge on any atom is 0.273 e. The highest BCUT2D eigenvalue weighted by Crippen LogP contribution is 2.41. The van der Waals surface area contributed by atoms with Gasteiger partial charge in [0, 0.05) is 30.8 Å². The van der Waals surface area contributed by atoms with E-state index in [1.807, 2.05) is 12.1 Å². The maximum atomic E-state index is 11.6. The van der Waals surface area contributed by atoms with E-state index in [2.05, 4.69) is 24.0 Å². The molecule has 1 heterocycles. The number of para-hydroxylation sites is 1. The van der Waals surface area contributed by atoms with Crippen LogP contribution in [-0.4, -0.2) is 30.6 Å². The minimum atomic E-state index is -0.267. The number of benzene rings is 2. The maximum absolute atomic E-state index is 11.6. The van der Waals surface area contributed by atoms with Crippen LogP contribution in [0.1, 0.15) is 93.9 Å². The van der Waals surface area contributed by atoms with Crippen molar-refractivity contribution >= 4 is 5.69 Å². The van der Waals surface area contributed by atoms with E-state index >= 15 is 0 Å². The molecule has 1 aliphatic rings. The summed E-state index contributed by atoms with van der Waals surface area (Å²) in [6.45, 7) is 3.71. The Balaban J connectivity index is 1.72. The number of methoxy groups -OCH3 is 2. The monoisotopic (exact) mass is 482 g/mol. The van der Waals surface area contributed by atoms with Crippen molar-refractivity contribution < 1.29 is 14.4 Å². The average molecular weight is 483 g/mol. The number of hydrogen-bond acceptors (Lipinski definition) is 5. The van der Waals surface area contributed by atoms with Gasteiger partial charge in [-0.1, -0.05) is 82.9 Å². The highest BCUT2D eigenvalue weighted by atomic mass is 16.6. The van der Waals surface area contributed by atoms with E-state index in [1.54, 1.807) is 26.4 Å². The smallest absolute Gasteiger partial charge is 0.273 e. The largest absolute Gasteiger partial charge is 0.493 e. The zero-order valence-electron chi connectivity index (χ0n) is 21.8. The molecule has 1 aliphatic heterocycles. The zero-order chi connectivity index (χ0) is 25.0. The Morgan fingerprint density at radius 1 is 0.943 bits per heavy atom. The topological polar surface area (TPSA) is 64.8 Å². The second-order valence-electron chi connectivity index (χ2n) is 9.65. The van der Waals surface area contributed by atoms with Crippen molar-refractivity contribution in [3.8, 4) is 11.5 Å². The van der Waals surface area contributed by atoms with Gasteiger partial charge in [0.1, 0.15) is 0 Å². The quantitative estimate of drug-likeness (QED) is 0.148. The molecule has 0 saturated heterocycles. The molecule has 1 unspecified atom stereocenters. The fourth-order valence-corrected chi connectivity index (χ4v) is 5.30. The van der Waals surface area contributed by atoms with Crippen molar-refractivity contribution in [1.29, 1.82) is 0 Å². The predicted octanol–water partition coefficient (Wildman–Crippen LogP) is 7.63. The van der Waals surface area contributed by atoms with Gasteiger partial charge in [-0.3, -0.25) is 15.0 Å². The van der Waals surface area contributed by atoms with E-state index in [1.165, 1.54) is 62.5 Å². The molecule has 0 spiro atoms. The van der Waals surface area contributed by atoms with Gasteiger partial charge in [0.15, 0.2) is 11.5 Å². The van der Waals surface area contributed by atoms with Gasteiger partial charge in [-0.05, 0) is 36.1 Å². The Morgan fingerprint density at radius 2 is 1.57 bits per heavy atom. The lowest BCUT2D eigenvalue weighted by atomic mass is 9.88. The molecule has 0 N–H and O–H groups in total. The lowest BCUT2D eigenvalue weighted by Crippen LogP contribution is -2.35. The van der Waals surface area contributed by atoms with Gasteiger partial charge in [-0.25, -0.2) is 0 Å². The Kier molecular flexibility index (Phi) is 10.9. The molecule has 2 aromatic rings. The van der Waals surface area contributed by atoms with Crippen LogP contribution in [0.25, 0.3) is 0 Å². The molecule has 6 nitrogen and oxygen atoms in total. The molecule has 0 amide bonds. The number of nitro groups is 1. The van der Waals surface area contributed by atoms with Gasteiger partial charge in [0.05, 0.1) is 19.1 Å². The lowest BCUT2D eigenvalue weighted by Gasteiger charge is -2.38. The van der Waals surface area contributed by atoms with Gasteiger partial charge in [0.2, 0.25) is 0 Å². The summed E-state index contributed by atoms with van der Waals surface area (Å²) in [7, 11) is 3.35. The lowest BCUT2D eigenvalue weighted by molar-refractivity contribution is -0.385. The van der Waals surface area contributed by atoms with Crippen molar-refractivity contribution in [1.82, 2.24) is 4.90 Å². The molecule has 0 radical (unpaired) electrons. The summed E-state index contributed by atoms with van der Waals surface area (Å²) < 4.78 is 11.2. The van der Waals surface area contributed by atoms with Crippen molar-refractivity contribution in [3.05, 3.63) is 63.2 Å². The normalized spacial score (nSPS) is 15.6. The Hall–Kier alpha value is -2.60.